The Morgan fingerprint density at radius 3 is 2.74 bits per heavy atom. The lowest BCUT2D eigenvalue weighted by molar-refractivity contribution is -0.137. The van der Waals surface area contributed by atoms with Gasteiger partial charge in [0, 0.05) is 11.9 Å². The fourth-order valence-corrected chi connectivity index (χ4v) is 2.36. The van der Waals surface area contributed by atoms with E-state index in [0.717, 1.165) is 29.4 Å². The molecule has 0 aliphatic heterocycles. The number of H-pyrrole nitrogens is 1. The summed E-state index contributed by atoms with van der Waals surface area (Å²) in [4.78, 5) is 19.2. The summed E-state index contributed by atoms with van der Waals surface area (Å²) in [6, 6.07) is 11.3. The minimum absolute atomic E-state index is 0.378. The summed E-state index contributed by atoms with van der Waals surface area (Å²) in [6.45, 7) is 0. The van der Waals surface area contributed by atoms with Crippen LogP contribution in [-0.4, -0.2) is 15.9 Å². The molecule has 0 fully saturated rings. The van der Waals surface area contributed by atoms with Crippen molar-refractivity contribution >= 4 is 28.3 Å². The predicted molar refractivity (Wildman–Crippen MR) is 93.5 cm³/mol. The number of carbonyl (C=O) groups excluding carboxylic acids is 1. The molecule has 0 radical (unpaired) electrons. The van der Waals surface area contributed by atoms with Gasteiger partial charge in [0.1, 0.15) is 11.6 Å². The molecule has 3 aromatic rings. The van der Waals surface area contributed by atoms with Gasteiger partial charge in [-0.2, -0.15) is 18.4 Å². The van der Waals surface area contributed by atoms with Crippen molar-refractivity contribution in [3.05, 3.63) is 66.1 Å². The van der Waals surface area contributed by atoms with Crippen molar-refractivity contribution in [2.75, 3.05) is 10.6 Å². The van der Waals surface area contributed by atoms with Gasteiger partial charge >= 0.3 is 6.18 Å². The van der Waals surface area contributed by atoms with E-state index in [2.05, 4.69) is 20.6 Å². The Morgan fingerprint density at radius 1 is 1.22 bits per heavy atom. The van der Waals surface area contributed by atoms with Gasteiger partial charge in [-0.3, -0.25) is 4.79 Å². The minimum atomic E-state index is -4.63. The number of aromatic amines is 1. The van der Waals surface area contributed by atoms with E-state index < -0.39 is 23.3 Å². The predicted octanol–water partition coefficient (Wildman–Crippen LogP) is 4.04. The number of benzene rings is 2. The number of amides is 1. The molecule has 1 amide bonds. The summed E-state index contributed by atoms with van der Waals surface area (Å²) in [5.74, 6) is -0.954. The fraction of sp³-hybridized carbons (Fsp3) is 0.0556. The number of fused-ring (bicyclic) bond motifs is 1. The first kappa shape index (κ1) is 18.0. The van der Waals surface area contributed by atoms with Crippen LogP contribution in [0.2, 0.25) is 0 Å². The second kappa shape index (κ2) is 7.21. The number of rotatable bonds is 4. The summed E-state index contributed by atoms with van der Waals surface area (Å²) in [6.07, 6.45) is -1.97. The number of imidazole rings is 1. The van der Waals surface area contributed by atoms with Crippen LogP contribution in [0, 0.1) is 11.3 Å². The molecule has 9 heteroatoms. The van der Waals surface area contributed by atoms with Crippen molar-refractivity contribution in [3.63, 3.8) is 0 Å². The Hall–Kier alpha value is -3.80. The number of para-hydroxylation sites is 1. The lowest BCUT2D eigenvalue weighted by atomic mass is 10.1. The minimum Gasteiger partial charge on any atom is -0.360 e. The van der Waals surface area contributed by atoms with Crippen molar-refractivity contribution in [1.82, 2.24) is 9.97 Å². The van der Waals surface area contributed by atoms with E-state index in [-0.39, 0.29) is 5.57 Å². The van der Waals surface area contributed by atoms with Gasteiger partial charge in [0.05, 0.1) is 28.6 Å². The zero-order valence-corrected chi connectivity index (χ0v) is 13.6. The molecular weight excluding hydrogens is 359 g/mol. The van der Waals surface area contributed by atoms with Crippen LogP contribution in [0.15, 0.2) is 60.6 Å². The maximum Gasteiger partial charge on any atom is 0.418 e. The highest BCUT2D eigenvalue weighted by atomic mass is 19.4. The van der Waals surface area contributed by atoms with Crippen molar-refractivity contribution in [2.45, 2.75) is 6.18 Å². The van der Waals surface area contributed by atoms with E-state index in [1.165, 1.54) is 18.5 Å². The van der Waals surface area contributed by atoms with Crippen LogP contribution in [0.4, 0.5) is 24.5 Å². The molecule has 3 N–H and O–H groups in total. The van der Waals surface area contributed by atoms with Gasteiger partial charge in [-0.25, -0.2) is 4.98 Å². The number of hydrogen-bond acceptors (Lipinski definition) is 4. The fourth-order valence-electron chi connectivity index (χ4n) is 2.36. The maximum atomic E-state index is 13.0. The summed E-state index contributed by atoms with van der Waals surface area (Å²) in [5, 5.41) is 14.1. The molecule has 0 saturated heterocycles. The number of nitriles is 1. The summed E-state index contributed by atoms with van der Waals surface area (Å²) < 4.78 is 39.0. The zero-order valence-electron chi connectivity index (χ0n) is 13.6. The molecule has 0 atom stereocenters. The number of hydrogen-bond donors (Lipinski definition) is 3. The molecule has 2 aromatic carbocycles. The van der Waals surface area contributed by atoms with Gasteiger partial charge in [-0.05, 0) is 30.3 Å². The highest BCUT2D eigenvalue weighted by molar-refractivity contribution is 6.07. The lowest BCUT2D eigenvalue weighted by Gasteiger charge is -2.13. The van der Waals surface area contributed by atoms with Crippen molar-refractivity contribution in [1.29, 1.82) is 5.26 Å². The smallest absolute Gasteiger partial charge is 0.360 e. The summed E-state index contributed by atoms with van der Waals surface area (Å²) in [7, 11) is 0. The van der Waals surface area contributed by atoms with Crippen LogP contribution in [0.5, 0.6) is 0 Å². The van der Waals surface area contributed by atoms with Crippen molar-refractivity contribution in [2.24, 2.45) is 0 Å². The van der Waals surface area contributed by atoms with Gasteiger partial charge in [-0.15, -0.1) is 0 Å². The molecule has 0 aliphatic rings. The van der Waals surface area contributed by atoms with Gasteiger partial charge in [0.25, 0.3) is 5.91 Å². The number of alkyl halides is 3. The quantitative estimate of drug-likeness (QED) is 0.477. The SMILES string of the molecule is N#C/C(=C/Nc1ccc2nc[nH]c2c1)C(=O)Nc1ccccc1C(F)(F)F. The van der Waals surface area contributed by atoms with Crippen LogP contribution < -0.4 is 10.6 Å². The largest absolute Gasteiger partial charge is 0.418 e. The van der Waals surface area contributed by atoms with Gasteiger partial charge in [0.15, 0.2) is 0 Å². The monoisotopic (exact) mass is 371 g/mol. The third-order valence-corrected chi connectivity index (χ3v) is 3.65. The molecule has 27 heavy (non-hydrogen) atoms. The highest BCUT2D eigenvalue weighted by Gasteiger charge is 2.33. The lowest BCUT2D eigenvalue weighted by Crippen LogP contribution is -2.18. The van der Waals surface area contributed by atoms with Gasteiger partial charge < -0.3 is 15.6 Å². The first-order valence-electron chi connectivity index (χ1n) is 7.66. The second-order valence-electron chi connectivity index (χ2n) is 5.45. The zero-order chi connectivity index (χ0) is 19.4. The Kier molecular flexibility index (Phi) is 4.81. The number of nitrogens with one attached hydrogen (secondary N) is 3. The number of anilines is 2. The molecule has 0 aliphatic carbocycles. The van der Waals surface area contributed by atoms with Crippen molar-refractivity contribution < 1.29 is 18.0 Å². The van der Waals surface area contributed by atoms with Crippen LogP contribution >= 0.6 is 0 Å². The number of nitrogens with zero attached hydrogens (tertiary/aromatic N) is 2. The molecule has 1 aromatic heterocycles. The molecule has 136 valence electrons. The average Bonchev–Trinajstić information content (AvgIpc) is 3.09. The molecule has 0 saturated carbocycles. The Bertz CT molecular complexity index is 1060. The third kappa shape index (κ3) is 4.07. The maximum absolute atomic E-state index is 13.0. The first-order valence-corrected chi connectivity index (χ1v) is 7.66. The number of carbonyl (C=O) groups is 1. The van der Waals surface area contributed by atoms with Crippen LogP contribution in [0.3, 0.4) is 0 Å². The molecule has 0 unspecified atom stereocenters. The van der Waals surface area contributed by atoms with E-state index in [0.29, 0.717) is 5.69 Å². The standard InChI is InChI=1S/C18H12F3N5O/c19-18(20,21)13-3-1-2-4-14(13)26-17(27)11(8-22)9-23-12-5-6-15-16(7-12)25-10-24-15/h1-7,9-10,23H,(H,24,25)(H,26,27)/b11-9-. The molecule has 0 spiro atoms. The molecular formula is C18H12F3N5O. The van der Waals surface area contributed by atoms with Gasteiger partial charge in [-0.1, -0.05) is 12.1 Å². The average molecular weight is 371 g/mol. The van der Waals surface area contributed by atoms with Crippen LogP contribution in [-0.2, 0) is 11.0 Å². The van der Waals surface area contributed by atoms with E-state index in [9.17, 15) is 18.0 Å². The molecule has 1 heterocycles. The van der Waals surface area contributed by atoms with E-state index in [1.54, 1.807) is 24.3 Å². The third-order valence-electron chi connectivity index (χ3n) is 3.65. The topological polar surface area (TPSA) is 93.6 Å². The van der Waals surface area contributed by atoms with Gasteiger partial charge in [0.2, 0.25) is 0 Å². The Balaban J connectivity index is 1.78. The van der Waals surface area contributed by atoms with E-state index in [1.807, 2.05) is 0 Å². The molecule has 6 nitrogen and oxygen atoms in total. The Labute approximate surface area is 151 Å². The van der Waals surface area contributed by atoms with Crippen LogP contribution in [0.25, 0.3) is 11.0 Å². The molecule has 3 rings (SSSR count). The summed E-state index contributed by atoms with van der Waals surface area (Å²) >= 11 is 0. The van der Waals surface area contributed by atoms with Crippen LogP contribution in [0.1, 0.15) is 5.56 Å². The Morgan fingerprint density at radius 2 is 2.00 bits per heavy atom. The normalized spacial score (nSPS) is 11.9. The first-order chi connectivity index (χ1) is 12.9. The number of halogens is 3. The second-order valence-corrected chi connectivity index (χ2v) is 5.45. The van der Waals surface area contributed by atoms with E-state index >= 15 is 0 Å². The number of aromatic nitrogens is 2. The highest BCUT2D eigenvalue weighted by Crippen LogP contribution is 2.34. The van der Waals surface area contributed by atoms with E-state index in [4.69, 9.17) is 5.26 Å². The summed E-state index contributed by atoms with van der Waals surface area (Å²) in [5.41, 5.74) is 0.269. The molecule has 0 bridgehead atoms. The van der Waals surface area contributed by atoms with Crippen molar-refractivity contribution in [3.8, 4) is 6.07 Å².